The van der Waals surface area contributed by atoms with Gasteiger partial charge in [0.15, 0.2) is 0 Å². The van der Waals surface area contributed by atoms with Gasteiger partial charge in [-0.1, -0.05) is 0 Å². The Hall–Kier alpha value is -2.62. The van der Waals surface area contributed by atoms with Crippen LogP contribution in [0.3, 0.4) is 0 Å². The highest BCUT2D eigenvalue weighted by Gasteiger charge is 2.42. The number of anilines is 1. The van der Waals surface area contributed by atoms with Gasteiger partial charge in [-0.05, 0) is 38.7 Å². The Morgan fingerprint density at radius 2 is 2.32 bits per heavy atom. The number of hydrogen-bond donors (Lipinski definition) is 1. The predicted molar refractivity (Wildman–Crippen MR) is 96.0 cm³/mol. The van der Waals surface area contributed by atoms with Gasteiger partial charge in [0.05, 0.1) is 11.5 Å². The Kier molecular flexibility index (Phi) is 4.88. The number of unbranched alkanes of at least 4 members (excludes halogenated alkanes) is 1. The number of fused-ring (bicyclic) bond motifs is 1. The summed E-state index contributed by atoms with van der Waals surface area (Å²) in [6, 6.07) is 3.95. The largest absolute Gasteiger partial charge is 0.359 e. The summed E-state index contributed by atoms with van der Waals surface area (Å²) in [7, 11) is 2.04. The van der Waals surface area contributed by atoms with Crippen LogP contribution in [0.4, 0.5) is 5.82 Å². The average molecular weight is 340 g/mol. The number of H-pyrrole nitrogens is 1. The molecular weight excluding hydrogens is 316 g/mol. The molecular formula is C18H24N6O. The molecule has 1 aliphatic heterocycles. The van der Waals surface area contributed by atoms with E-state index in [0.717, 1.165) is 55.6 Å². The first-order valence-corrected chi connectivity index (χ1v) is 8.72. The molecule has 3 rings (SSSR count). The number of nitrogens with one attached hydrogen (secondary N) is 1. The molecule has 0 aliphatic carbocycles. The first-order chi connectivity index (χ1) is 12.0. The maximum Gasteiger partial charge on any atom is 0.237 e. The maximum absolute atomic E-state index is 11.9. The fraction of sp³-hybridized carbons (Fsp3) is 0.556. The lowest BCUT2D eigenvalue weighted by Gasteiger charge is -2.51. The first kappa shape index (κ1) is 17.2. The van der Waals surface area contributed by atoms with E-state index in [9.17, 15) is 4.79 Å². The van der Waals surface area contributed by atoms with Crippen molar-refractivity contribution in [2.45, 2.75) is 44.6 Å². The van der Waals surface area contributed by atoms with Crippen molar-refractivity contribution in [1.82, 2.24) is 19.9 Å². The summed E-state index contributed by atoms with van der Waals surface area (Å²) in [5.74, 6) is 0.899. The summed E-state index contributed by atoms with van der Waals surface area (Å²) in [6.45, 7) is 3.81. The summed E-state index contributed by atoms with van der Waals surface area (Å²) >= 11 is 0. The van der Waals surface area contributed by atoms with Crippen molar-refractivity contribution in [2.24, 2.45) is 0 Å². The van der Waals surface area contributed by atoms with E-state index in [-0.39, 0.29) is 17.9 Å². The minimum atomic E-state index is -0.0741. The van der Waals surface area contributed by atoms with Gasteiger partial charge in [-0.15, -0.1) is 0 Å². The molecule has 0 spiro atoms. The maximum atomic E-state index is 11.9. The van der Waals surface area contributed by atoms with Gasteiger partial charge in [0.25, 0.3) is 0 Å². The Labute approximate surface area is 147 Å². The van der Waals surface area contributed by atoms with E-state index in [1.54, 1.807) is 6.33 Å². The summed E-state index contributed by atoms with van der Waals surface area (Å²) in [4.78, 5) is 27.7. The van der Waals surface area contributed by atoms with E-state index >= 15 is 0 Å². The normalized spacial score (nSPS) is 19.5. The summed E-state index contributed by atoms with van der Waals surface area (Å²) in [5, 5.41) is 9.73. The smallest absolute Gasteiger partial charge is 0.237 e. The number of carbonyl (C=O) groups excluding carboxylic acids is 1. The van der Waals surface area contributed by atoms with E-state index in [1.807, 2.05) is 30.3 Å². The van der Waals surface area contributed by atoms with Crippen molar-refractivity contribution in [3.05, 3.63) is 18.6 Å². The molecule has 1 N–H and O–H groups in total. The van der Waals surface area contributed by atoms with E-state index in [0.29, 0.717) is 0 Å². The fourth-order valence-electron chi connectivity index (χ4n) is 3.58. The van der Waals surface area contributed by atoms with Crippen molar-refractivity contribution in [1.29, 1.82) is 5.26 Å². The molecule has 7 nitrogen and oxygen atoms in total. The zero-order chi connectivity index (χ0) is 17.9. The second-order valence-electron chi connectivity index (χ2n) is 6.94. The number of nitriles is 1. The van der Waals surface area contributed by atoms with Crippen molar-refractivity contribution in [3.63, 3.8) is 0 Å². The van der Waals surface area contributed by atoms with Crippen molar-refractivity contribution in [3.8, 4) is 6.07 Å². The van der Waals surface area contributed by atoms with Gasteiger partial charge in [0, 0.05) is 31.9 Å². The molecule has 1 amide bonds. The third-order valence-electron chi connectivity index (χ3n) is 5.21. The average Bonchev–Trinajstić information content (AvgIpc) is 3.06. The topological polar surface area (TPSA) is 88.9 Å². The molecule has 0 bridgehead atoms. The Morgan fingerprint density at radius 3 is 3.04 bits per heavy atom. The summed E-state index contributed by atoms with van der Waals surface area (Å²) < 4.78 is 0. The third-order valence-corrected chi connectivity index (χ3v) is 5.21. The molecule has 3 heterocycles. The standard InChI is InChI=1S/C18H24N6O/c1-18(8-12-24(18)15(25)5-9-19)7-3-4-11-23(2)17-14-6-10-20-16(14)21-13-22-17/h6,10,13H,3-5,7-8,11-12H2,1-2H3,(H,20,21,22)/t18-/m0/s1. The lowest BCUT2D eigenvalue weighted by atomic mass is 9.81. The molecule has 1 atom stereocenters. The molecule has 2 aromatic heterocycles. The van der Waals surface area contributed by atoms with Crippen molar-refractivity contribution >= 4 is 22.8 Å². The monoisotopic (exact) mass is 340 g/mol. The van der Waals surface area contributed by atoms with Gasteiger partial charge in [0.2, 0.25) is 5.91 Å². The SMILES string of the molecule is CN(CCCC[C@@]1(C)CCN1C(=O)CC#N)c1ncnc2[nH]ccc12. The Bertz CT molecular complexity index is 794. The van der Waals surface area contributed by atoms with Crippen LogP contribution in [0.15, 0.2) is 18.6 Å². The van der Waals surface area contributed by atoms with E-state index in [1.165, 1.54) is 0 Å². The van der Waals surface area contributed by atoms with Gasteiger partial charge in [-0.2, -0.15) is 5.26 Å². The molecule has 0 radical (unpaired) electrons. The predicted octanol–water partition coefficient (Wildman–Crippen LogP) is 2.47. The van der Waals surface area contributed by atoms with Crippen LogP contribution in [0.25, 0.3) is 11.0 Å². The molecule has 1 fully saturated rings. The third kappa shape index (κ3) is 3.43. The van der Waals surface area contributed by atoms with Gasteiger partial charge >= 0.3 is 0 Å². The van der Waals surface area contributed by atoms with Crippen LogP contribution < -0.4 is 4.90 Å². The molecule has 1 saturated heterocycles. The minimum Gasteiger partial charge on any atom is -0.359 e. The Balaban J connectivity index is 1.49. The number of likely N-dealkylation sites (tertiary alicyclic amines) is 1. The highest BCUT2D eigenvalue weighted by Crippen LogP contribution is 2.35. The van der Waals surface area contributed by atoms with Gasteiger partial charge < -0.3 is 14.8 Å². The zero-order valence-corrected chi connectivity index (χ0v) is 14.8. The van der Waals surface area contributed by atoms with Crippen LogP contribution >= 0.6 is 0 Å². The highest BCUT2D eigenvalue weighted by atomic mass is 16.2. The Morgan fingerprint density at radius 1 is 1.48 bits per heavy atom. The minimum absolute atomic E-state index is 0.0152. The number of hydrogen-bond acceptors (Lipinski definition) is 5. The molecule has 0 aromatic carbocycles. The van der Waals surface area contributed by atoms with Gasteiger partial charge in [0.1, 0.15) is 24.2 Å². The molecule has 1 aliphatic rings. The number of aromatic nitrogens is 3. The number of aromatic amines is 1. The number of rotatable bonds is 7. The van der Waals surface area contributed by atoms with Gasteiger partial charge in [-0.3, -0.25) is 4.79 Å². The van der Waals surface area contributed by atoms with Crippen LogP contribution in [0, 0.1) is 11.3 Å². The molecule has 2 aromatic rings. The van der Waals surface area contributed by atoms with E-state index in [4.69, 9.17) is 5.26 Å². The van der Waals surface area contributed by atoms with E-state index < -0.39 is 0 Å². The first-order valence-electron chi connectivity index (χ1n) is 8.72. The zero-order valence-electron chi connectivity index (χ0n) is 14.8. The quantitative estimate of drug-likeness (QED) is 0.782. The molecule has 0 saturated carbocycles. The van der Waals surface area contributed by atoms with E-state index in [2.05, 4.69) is 26.8 Å². The molecule has 7 heteroatoms. The van der Waals surface area contributed by atoms with Crippen molar-refractivity contribution < 1.29 is 4.79 Å². The number of carbonyl (C=O) groups is 1. The second-order valence-corrected chi connectivity index (χ2v) is 6.94. The summed E-state index contributed by atoms with van der Waals surface area (Å²) in [6.07, 6.45) is 7.51. The summed E-state index contributed by atoms with van der Waals surface area (Å²) in [5.41, 5.74) is 0.778. The molecule has 25 heavy (non-hydrogen) atoms. The molecule has 0 unspecified atom stereocenters. The van der Waals surface area contributed by atoms with Crippen molar-refractivity contribution in [2.75, 3.05) is 25.0 Å². The van der Waals surface area contributed by atoms with Crippen LogP contribution in [0.2, 0.25) is 0 Å². The fourth-order valence-corrected chi connectivity index (χ4v) is 3.58. The number of nitrogens with zero attached hydrogens (tertiary/aromatic N) is 5. The lowest BCUT2D eigenvalue weighted by Crippen LogP contribution is -2.60. The number of amides is 1. The van der Waals surface area contributed by atoms with Crippen LogP contribution in [-0.2, 0) is 4.79 Å². The highest BCUT2D eigenvalue weighted by molar-refractivity contribution is 5.87. The second kappa shape index (κ2) is 7.09. The van der Waals surface area contributed by atoms with Gasteiger partial charge in [-0.25, -0.2) is 9.97 Å². The molecule has 132 valence electrons. The van der Waals surface area contributed by atoms with Crippen LogP contribution in [0.5, 0.6) is 0 Å². The van der Waals surface area contributed by atoms with Crippen LogP contribution in [0.1, 0.15) is 39.0 Å². The lowest BCUT2D eigenvalue weighted by molar-refractivity contribution is -0.145. The van der Waals surface area contributed by atoms with Crippen LogP contribution in [-0.4, -0.2) is 51.4 Å².